The Morgan fingerprint density at radius 3 is 2.50 bits per heavy atom. The van der Waals surface area contributed by atoms with Crippen LogP contribution < -0.4 is 16.0 Å². The van der Waals surface area contributed by atoms with E-state index in [1.165, 1.54) is 24.3 Å². The number of carbonyl (C=O) groups excluding carboxylic acids is 3. The van der Waals surface area contributed by atoms with Gasteiger partial charge in [-0.05, 0) is 62.2 Å². The maximum Gasteiger partial charge on any atom is 0.407 e. The number of anilines is 1. The largest absolute Gasteiger partial charge is 0.444 e. The summed E-state index contributed by atoms with van der Waals surface area (Å²) < 4.78 is 18.3. The molecule has 0 spiro atoms. The first-order valence-electron chi connectivity index (χ1n) is 10.2. The van der Waals surface area contributed by atoms with E-state index < -0.39 is 11.7 Å². The van der Waals surface area contributed by atoms with Crippen molar-refractivity contribution in [3.63, 3.8) is 0 Å². The molecule has 3 N–H and O–H groups in total. The lowest BCUT2D eigenvalue weighted by atomic mass is 10.2. The molecule has 0 saturated heterocycles. The lowest BCUT2D eigenvalue weighted by Gasteiger charge is -2.19. The van der Waals surface area contributed by atoms with Crippen LogP contribution in [-0.2, 0) is 20.9 Å². The maximum absolute atomic E-state index is 13.2. The second-order valence-electron chi connectivity index (χ2n) is 8.03. The zero-order chi connectivity index (χ0) is 23.6. The molecule has 0 unspecified atom stereocenters. The summed E-state index contributed by atoms with van der Waals surface area (Å²) in [5.41, 5.74) is 1.36. The first-order valence-corrected chi connectivity index (χ1v) is 10.2. The second-order valence-corrected chi connectivity index (χ2v) is 8.03. The van der Waals surface area contributed by atoms with Crippen molar-refractivity contribution in [2.45, 2.75) is 39.3 Å². The van der Waals surface area contributed by atoms with Crippen LogP contribution in [0.25, 0.3) is 6.08 Å². The van der Waals surface area contributed by atoms with Gasteiger partial charge in [0.05, 0.1) is 0 Å². The highest BCUT2D eigenvalue weighted by molar-refractivity contribution is 5.92. The summed E-state index contributed by atoms with van der Waals surface area (Å²) in [5, 5.41) is 8.02. The third-order valence-electron chi connectivity index (χ3n) is 3.97. The lowest BCUT2D eigenvalue weighted by molar-refractivity contribution is -0.117. The first kappa shape index (κ1) is 24.6. The Hall–Kier alpha value is -3.68. The predicted molar refractivity (Wildman–Crippen MR) is 121 cm³/mol. The van der Waals surface area contributed by atoms with Gasteiger partial charge in [-0.2, -0.15) is 0 Å². The predicted octanol–water partition coefficient (Wildman–Crippen LogP) is 4.01. The molecule has 0 aliphatic heterocycles. The molecule has 0 aromatic heterocycles. The van der Waals surface area contributed by atoms with E-state index in [4.69, 9.17) is 4.74 Å². The normalized spacial score (nSPS) is 11.1. The number of nitrogens with one attached hydrogen (secondary N) is 3. The highest BCUT2D eigenvalue weighted by Crippen LogP contribution is 2.11. The number of amides is 3. The fraction of sp³-hybridized carbons (Fsp3) is 0.292. The molecule has 32 heavy (non-hydrogen) atoms. The Balaban J connectivity index is 1.77. The molecule has 0 saturated carbocycles. The van der Waals surface area contributed by atoms with Crippen molar-refractivity contribution >= 4 is 29.7 Å². The Morgan fingerprint density at radius 2 is 1.78 bits per heavy atom. The molecule has 2 aromatic rings. The summed E-state index contributed by atoms with van der Waals surface area (Å²) in [4.78, 5) is 35.7. The van der Waals surface area contributed by atoms with Crippen molar-refractivity contribution in [1.82, 2.24) is 10.6 Å². The number of ether oxygens (including phenoxy) is 1. The van der Waals surface area contributed by atoms with Gasteiger partial charge in [-0.1, -0.05) is 24.3 Å². The molecule has 0 aliphatic rings. The van der Waals surface area contributed by atoms with Crippen LogP contribution in [0.2, 0.25) is 0 Å². The number of alkyl carbamates (subject to hydrolysis) is 1. The van der Waals surface area contributed by atoms with Crippen LogP contribution in [0.15, 0.2) is 54.6 Å². The summed E-state index contributed by atoms with van der Waals surface area (Å²) in [7, 11) is 0. The quantitative estimate of drug-likeness (QED) is 0.540. The molecular weight excluding hydrogens is 413 g/mol. The van der Waals surface area contributed by atoms with Gasteiger partial charge in [0, 0.05) is 31.3 Å². The van der Waals surface area contributed by atoms with Gasteiger partial charge in [0.15, 0.2) is 0 Å². The molecule has 0 bridgehead atoms. The fourth-order valence-electron chi connectivity index (χ4n) is 2.61. The number of halogens is 1. The SMILES string of the molecule is CC(C)(C)OC(=O)NCCC(=O)Nc1cccc(CNC(=O)/C=C/c2cccc(F)c2)c1. The minimum atomic E-state index is -0.600. The summed E-state index contributed by atoms with van der Waals surface area (Å²) in [6.45, 7) is 5.69. The summed E-state index contributed by atoms with van der Waals surface area (Å²) >= 11 is 0. The van der Waals surface area contributed by atoms with Crippen LogP contribution in [0.1, 0.15) is 38.3 Å². The van der Waals surface area contributed by atoms with Crippen molar-refractivity contribution < 1.29 is 23.5 Å². The fourth-order valence-corrected chi connectivity index (χ4v) is 2.61. The molecule has 2 aromatic carbocycles. The molecule has 0 heterocycles. The third kappa shape index (κ3) is 9.88. The Labute approximate surface area is 187 Å². The highest BCUT2D eigenvalue weighted by Gasteiger charge is 2.15. The van der Waals surface area contributed by atoms with Gasteiger partial charge in [-0.25, -0.2) is 9.18 Å². The second kappa shape index (κ2) is 11.6. The van der Waals surface area contributed by atoms with Gasteiger partial charge in [0.25, 0.3) is 0 Å². The van der Waals surface area contributed by atoms with Gasteiger partial charge in [0.1, 0.15) is 11.4 Å². The van der Waals surface area contributed by atoms with E-state index in [9.17, 15) is 18.8 Å². The molecule has 0 fully saturated rings. The van der Waals surface area contributed by atoms with E-state index in [0.717, 1.165) is 5.56 Å². The van der Waals surface area contributed by atoms with E-state index in [-0.39, 0.29) is 37.1 Å². The molecule has 3 amide bonds. The first-order chi connectivity index (χ1) is 15.1. The Bertz CT molecular complexity index is 983. The van der Waals surface area contributed by atoms with Crippen LogP contribution >= 0.6 is 0 Å². The minimum Gasteiger partial charge on any atom is -0.444 e. The van der Waals surface area contributed by atoms with E-state index in [2.05, 4.69) is 16.0 Å². The smallest absolute Gasteiger partial charge is 0.407 e. The van der Waals surface area contributed by atoms with Crippen molar-refractivity contribution in [3.05, 3.63) is 71.6 Å². The number of hydrogen-bond donors (Lipinski definition) is 3. The van der Waals surface area contributed by atoms with Crippen molar-refractivity contribution in [3.8, 4) is 0 Å². The van der Waals surface area contributed by atoms with Gasteiger partial charge < -0.3 is 20.7 Å². The number of rotatable bonds is 8. The molecule has 8 heteroatoms. The number of hydrogen-bond acceptors (Lipinski definition) is 4. The zero-order valence-corrected chi connectivity index (χ0v) is 18.4. The number of benzene rings is 2. The minimum absolute atomic E-state index is 0.0884. The maximum atomic E-state index is 13.2. The van der Waals surface area contributed by atoms with E-state index in [1.54, 1.807) is 51.1 Å². The van der Waals surface area contributed by atoms with Crippen LogP contribution in [0.5, 0.6) is 0 Å². The van der Waals surface area contributed by atoms with Crippen LogP contribution in [0.3, 0.4) is 0 Å². The average Bonchev–Trinajstić information content (AvgIpc) is 2.70. The topological polar surface area (TPSA) is 96.5 Å². The monoisotopic (exact) mass is 441 g/mol. The van der Waals surface area contributed by atoms with Crippen molar-refractivity contribution in [2.75, 3.05) is 11.9 Å². The third-order valence-corrected chi connectivity index (χ3v) is 3.97. The standard InChI is InChI=1S/C24H28FN3O4/c1-24(2,3)32-23(31)26-13-12-22(30)28-20-9-5-7-18(15-20)16-27-21(29)11-10-17-6-4-8-19(25)14-17/h4-11,14-15H,12-13,16H2,1-3H3,(H,26,31)(H,27,29)(H,28,30)/b11-10+. The molecule has 170 valence electrons. The average molecular weight is 442 g/mol. The van der Waals surface area contributed by atoms with Gasteiger partial charge in [-0.3, -0.25) is 9.59 Å². The van der Waals surface area contributed by atoms with Crippen molar-refractivity contribution in [2.24, 2.45) is 0 Å². The van der Waals surface area contributed by atoms with Gasteiger partial charge >= 0.3 is 6.09 Å². The van der Waals surface area contributed by atoms with E-state index in [1.807, 2.05) is 6.07 Å². The van der Waals surface area contributed by atoms with Crippen LogP contribution in [0, 0.1) is 5.82 Å². The zero-order valence-electron chi connectivity index (χ0n) is 18.4. The van der Waals surface area contributed by atoms with E-state index >= 15 is 0 Å². The summed E-state index contributed by atoms with van der Waals surface area (Å²) in [6, 6.07) is 13.0. The summed E-state index contributed by atoms with van der Waals surface area (Å²) in [5.74, 6) is -0.954. The number of carbonyl (C=O) groups is 3. The molecule has 2 rings (SSSR count). The molecular formula is C24H28FN3O4. The molecule has 0 radical (unpaired) electrons. The Kier molecular flexibility index (Phi) is 8.95. The van der Waals surface area contributed by atoms with E-state index in [0.29, 0.717) is 11.3 Å². The van der Waals surface area contributed by atoms with Crippen LogP contribution in [-0.4, -0.2) is 30.1 Å². The van der Waals surface area contributed by atoms with Gasteiger partial charge in [0.2, 0.25) is 11.8 Å². The van der Waals surface area contributed by atoms with Crippen LogP contribution in [0.4, 0.5) is 14.9 Å². The molecule has 0 atom stereocenters. The lowest BCUT2D eigenvalue weighted by Crippen LogP contribution is -2.34. The Morgan fingerprint density at radius 1 is 1.03 bits per heavy atom. The molecule has 0 aliphatic carbocycles. The van der Waals surface area contributed by atoms with Gasteiger partial charge in [-0.15, -0.1) is 0 Å². The highest BCUT2D eigenvalue weighted by atomic mass is 19.1. The van der Waals surface area contributed by atoms with Crippen molar-refractivity contribution in [1.29, 1.82) is 0 Å². The molecule has 7 nitrogen and oxygen atoms in total. The summed E-state index contributed by atoms with van der Waals surface area (Å²) in [6.07, 6.45) is 2.37.